The highest BCUT2D eigenvalue weighted by Crippen LogP contribution is 2.29. The van der Waals surface area contributed by atoms with Crippen molar-refractivity contribution in [2.45, 2.75) is 13.0 Å². The lowest BCUT2D eigenvalue weighted by atomic mass is 9.98. The van der Waals surface area contributed by atoms with Crippen LogP contribution in [0, 0.1) is 6.92 Å². The predicted octanol–water partition coefficient (Wildman–Crippen LogP) is 4.42. The van der Waals surface area contributed by atoms with Gasteiger partial charge in [-0.25, -0.2) is 0 Å². The van der Waals surface area contributed by atoms with Gasteiger partial charge < -0.3 is 19.6 Å². The number of pyridine rings is 1. The Kier molecular flexibility index (Phi) is 5.11. The summed E-state index contributed by atoms with van der Waals surface area (Å²) in [6.45, 7) is 1.79. The van der Waals surface area contributed by atoms with Gasteiger partial charge in [0.25, 0.3) is 0 Å². The number of ketones is 1. The molecule has 7 heteroatoms. The Morgan fingerprint density at radius 1 is 1.17 bits per heavy atom. The Labute approximate surface area is 167 Å². The van der Waals surface area contributed by atoms with E-state index in [9.17, 15) is 4.79 Å². The largest absolute Gasteiger partial charge is 0.495 e. The van der Waals surface area contributed by atoms with Gasteiger partial charge in [0.1, 0.15) is 23.2 Å². The molecule has 4 aromatic rings. The first-order valence-electron chi connectivity index (χ1n) is 9.11. The van der Waals surface area contributed by atoms with Gasteiger partial charge in [0.15, 0.2) is 5.78 Å². The lowest BCUT2D eigenvalue weighted by Crippen LogP contribution is -2.22. The van der Waals surface area contributed by atoms with E-state index >= 15 is 0 Å². The summed E-state index contributed by atoms with van der Waals surface area (Å²) in [5.41, 5.74) is 3.38. The van der Waals surface area contributed by atoms with Crippen molar-refractivity contribution in [1.82, 2.24) is 15.1 Å². The van der Waals surface area contributed by atoms with Crippen molar-refractivity contribution in [3.63, 3.8) is 0 Å². The van der Waals surface area contributed by atoms with Gasteiger partial charge in [-0.05, 0) is 18.6 Å². The second-order valence-corrected chi connectivity index (χ2v) is 6.55. The van der Waals surface area contributed by atoms with Gasteiger partial charge >= 0.3 is 0 Å². The highest BCUT2D eigenvalue weighted by Gasteiger charge is 2.28. The molecule has 1 unspecified atom stereocenters. The highest BCUT2D eigenvalue weighted by molar-refractivity contribution is 6.06. The molecule has 29 heavy (non-hydrogen) atoms. The molecule has 146 valence electrons. The molecule has 0 fully saturated rings. The number of benzene rings is 1. The Morgan fingerprint density at radius 2 is 2.00 bits per heavy atom. The number of hydrogen-bond acceptors (Lipinski definition) is 6. The molecule has 0 amide bonds. The highest BCUT2D eigenvalue weighted by atomic mass is 16.5. The molecule has 1 atom stereocenters. The molecule has 0 aliphatic heterocycles. The summed E-state index contributed by atoms with van der Waals surface area (Å²) in [7, 11) is 1.57. The molecule has 3 aromatic heterocycles. The van der Waals surface area contributed by atoms with Crippen LogP contribution in [0.15, 0.2) is 71.6 Å². The van der Waals surface area contributed by atoms with Crippen LogP contribution in [0.5, 0.6) is 5.75 Å². The van der Waals surface area contributed by atoms with Gasteiger partial charge in [-0.2, -0.15) is 0 Å². The van der Waals surface area contributed by atoms with E-state index in [-0.39, 0.29) is 5.78 Å². The Morgan fingerprint density at radius 3 is 2.72 bits per heavy atom. The van der Waals surface area contributed by atoms with E-state index in [0.717, 1.165) is 11.3 Å². The number of Topliss-reactive ketones (excluding diaryl/α,β-unsaturated/α-hetero) is 1. The van der Waals surface area contributed by atoms with E-state index in [4.69, 9.17) is 9.26 Å². The minimum atomic E-state index is -0.750. The molecule has 0 aliphatic carbocycles. The minimum absolute atomic E-state index is 0.138. The van der Waals surface area contributed by atoms with Gasteiger partial charge in [0, 0.05) is 23.9 Å². The van der Waals surface area contributed by atoms with E-state index in [1.807, 2.05) is 30.3 Å². The van der Waals surface area contributed by atoms with Crippen molar-refractivity contribution in [1.29, 1.82) is 0 Å². The predicted molar refractivity (Wildman–Crippen MR) is 109 cm³/mol. The normalized spacial score (nSPS) is 11.8. The maximum atomic E-state index is 13.6. The summed E-state index contributed by atoms with van der Waals surface area (Å²) in [4.78, 5) is 20.9. The number of H-pyrrole nitrogens is 1. The fourth-order valence-electron chi connectivity index (χ4n) is 3.15. The average molecular weight is 388 g/mol. The zero-order chi connectivity index (χ0) is 20.2. The molecule has 0 bridgehead atoms. The average Bonchev–Trinajstić information content (AvgIpc) is 3.41. The standard InChI is InChI=1S/C22H20N4O3/c1-14-10-19(26-29-14)21(25-16-11-17(28-2)13-23-12-16)22(27)18-8-9-24-20(18)15-6-4-3-5-7-15/h3-13,21,24-25H,1-2H3. The molecule has 7 nitrogen and oxygen atoms in total. The Bertz CT molecular complexity index is 1120. The van der Waals surface area contributed by atoms with E-state index in [1.165, 1.54) is 0 Å². The van der Waals surface area contributed by atoms with Gasteiger partial charge in [-0.1, -0.05) is 35.5 Å². The summed E-state index contributed by atoms with van der Waals surface area (Å²) >= 11 is 0. The van der Waals surface area contributed by atoms with E-state index in [0.29, 0.717) is 28.5 Å². The number of anilines is 1. The second kappa shape index (κ2) is 8.02. The quantitative estimate of drug-likeness (QED) is 0.455. The number of carbonyl (C=O) groups is 1. The third-order valence-electron chi connectivity index (χ3n) is 4.54. The van der Waals surface area contributed by atoms with Crippen LogP contribution in [-0.2, 0) is 0 Å². The van der Waals surface area contributed by atoms with Crippen molar-refractivity contribution < 1.29 is 14.1 Å². The molecule has 4 rings (SSSR count). The van der Waals surface area contributed by atoms with Gasteiger partial charge in [-0.3, -0.25) is 9.78 Å². The van der Waals surface area contributed by atoms with E-state index in [2.05, 4.69) is 20.4 Å². The molecular formula is C22H20N4O3. The maximum Gasteiger partial charge on any atom is 0.193 e. The zero-order valence-corrected chi connectivity index (χ0v) is 16.0. The monoisotopic (exact) mass is 388 g/mol. The summed E-state index contributed by atoms with van der Waals surface area (Å²) in [6.07, 6.45) is 4.99. The number of aryl methyl sites for hydroxylation is 1. The van der Waals surface area contributed by atoms with Crippen molar-refractivity contribution in [2.75, 3.05) is 12.4 Å². The van der Waals surface area contributed by atoms with Crippen LogP contribution in [0.3, 0.4) is 0 Å². The van der Waals surface area contributed by atoms with Crippen molar-refractivity contribution in [3.8, 4) is 17.0 Å². The van der Waals surface area contributed by atoms with Crippen molar-refractivity contribution >= 4 is 11.5 Å². The van der Waals surface area contributed by atoms with E-state index < -0.39 is 6.04 Å². The molecule has 3 heterocycles. The van der Waals surface area contributed by atoms with Crippen LogP contribution >= 0.6 is 0 Å². The molecule has 0 spiro atoms. The molecule has 0 saturated carbocycles. The van der Waals surface area contributed by atoms with Crippen LogP contribution in [0.25, 0.3) is 11.3 Å². The molecule has 1 aromatic carbocycles. The lowest BCUT2D eigenvalue weighted by molar-refractivity contribution is 0.0967. The number of nitrogens with one attached hydrogen (secondary N) is 2. The first-order valence-corrected chi connectivity index (χ1v) is 9.11. The molecular weight excluding hydrogens is 368 g/mol. The Hall–Kier alpha value is -3.87. The number of hydrogen-bond donors (Lipinski definition) is 2. The first-order chi connectivity index (χ1) is 14.2. The molecule has 0 radical (unpaired) electrons. The van der Waals surface area contributed by atoms with Gasteiger partial charge in [0.2, 0.25) is 0 Å². The summed E-state index contributed by atoms with van der Waals surface area (Å²) in [5.74, 6) is 1.08. The Balaban J connectivity index is 1.72. The van der Waals surface area contributed by atoms with Gasteiger partial charge in [0.05, 0.1) is 30.9 Å². The SMILES string of the molecule is COc1cncc(NC(C(=O)c2cc[nH]c2-c2ccccc2)c2cc(C)on2)c1. The topological polar surface area (TPSA) is 93.0 Å². The van der Waals surface area contributed by atoms with Crippen LogP contribution in [0.4, 0.5) is 5.69 Å². The third-order valence-corrected chi connectivity index (χ3v) is 4.54. The number of nitrogens with zero attached hydrogens (tertiary/aromatic N) is 2. The van der Waals surface area contributed by atoms with E-state index in [1.54, 1.807) is 50.8 Å². The minimum Gasteiger partial charge on any atom is -0.495 e. The number of carbonyl (C=O) groups excluding carboxylic acids is 1. The molecule has 0 aliphatic rings. The third kappa shape index (κ3) is 3.89. The van der Waals surface area contributed by atoms with Crippen LogP contribution < -0.4 is 10.1 Å². The fourth-order valence-corrected chi connectivity index (χ4v) is 3.15. The summed E-state index contributed by atoms with van der Waals surface area (Å²) in [6, 6.07) is 14.3. The smallest absolute Gasteiger partial charge is 0.193 e. The number of aromatic amines is 1. The van der Waals surface area contributed by atoms with Gasteiger partial charge in [-0.15, -0.1) is 0 Å². The van der Waals surface area contributed by atoms with Crippen molar-refractivity contribution in [3.05, 3.63) is 84.1 Å². The second-order valence-electron chi connectivity index (χ2n) is 6.55. The van der Waals surface area contributed by atoms with Crippen LogP contribution in [-0.4, -0.2) is 28.0 Å². The maximum absolute atomic E-state index is 13.6. The zero-order valence-electron chi connectivity index (χ0n) is 16.0. The van der Waals surface area contributed by atoms with Crippen LogP contribution in [0.1, 0.15) is 27.9 Å². The summed E-state index contributed by atoms with van der Waals surface area (Å²) < 4.78 is 10.4. The number of aromatic nitrogens is 3. The fraction of sp³-hybridized carbons (Fsp3) is 0.136. The lowest BCUT2D eigenvalue weighted by Gasteiger charge is -2.17. The van der Waals surface area contributed by atoms with Crippen LogP contribution in [0.2, 0.25) is 0 Å². The number of methoxy groups -OCH3 is 1. The summed E-state index contributed by atoms with van der Waals surface area (Å²) in [5, 5.41) is 7.29. The number of ether oxygens (including phenoxy) is 1. The first kappa shape index (κ1) is 18.5. The number of rotatable bonds is 7. The molecule has 0 saturated heterocycles. The van der Waals surface area contributed by atoms with Crippen molar-refractivity contribution in [2.24, 2.45) is 0 Å². The molecule has 2 N–H and O–H groups in total.